The summed E-state index contributed by atoms with van der Waals surface area (Å²) in [4.78, 5) is 11.2. The molecule has 1 amide bonds. The van der Waals surface area contributed by atoms with Crippen LogP contribution >= 0.6 is 11.6 Å². The number of ether oxygens (including phenoxy) is 2. The highest BCUT2D eigenvalue weighted by Gasteiger charge is 2.31. The quantitative estimate of drug-likeness (QED) is 0.874. The van der Waals surface area contributed by atoms with Gasteiger partial charge >= 0.3 is 6.18 Å². The van der Waals surface area contributed by atoms with Crippen LogP contribution in [-0.4, -0.2) is 12.5 Å². The number of amides is 1. The first-order valence-corrected chi connectivity index (χ1v) is 6.82. The minimum Gasteiger partial charge on any atom is -0.481 e. The maximum Gasteiger partial charge on any atom is 0.416 e. The molecule has 1 aliphatic heterocycles. The fraction of sp³-hybridized carbons (Fsp3) is 0.133. The van der Waals surface area contributed by atoms with Crippen molar-refractivity contribution >= 4 is 23.2 Å². The van der Waals surface area contributed by atoms with Gasteiger partial charge in [0.05, 0.1) is 16.3 Å². The molecule has 2 aromatic carbocycles. The Bertz CT molecular complexity index is 777. The Labute approximate surface area is 133 Å². The molecule has 0 spiro atoms. The molecule has 4 nitrogen and oxygen atoms in total. The van der Waals surface area contributed by atoms with Gasteiger partial charge < -0.3 is 14.8 Å². The fourth-order valence-corrected chi connectivity index (χ4v) is 2.22. The summed E-state index contributed by atoms with van der Waals surface area (Å²) in [5.74, 6) is 0.545. The normalized spacial score (nSPS) is 13.8. The lowest BCUT2D eigenvalue weighted by atomic mass is 10.2. The fourth-order valence-electron chi connectivity index (χ4n) is 2.01. The number of benzene rings is 2. The van der Waals surface area contributed by atoms with Crippen molar-refractivity contribution in [2.45, 2.75) is 6.18 Å². The molecule has 0 bridgehead atoms. The van der Waals surface area contributed by atoms with E-state index < -0.39 is 11.7 Å². The summed E-state index contributed by atoms with van der Waals surface area (Å²) in [5.41, 5.74) is -0.363. The largest absolute Gasteiger partial charge is 0.481 e. The zero-order valence-corrected chi connectivity index (χ0v) is 12.2. The van der Waals surface area contributed by atoms with Crippen LogP contribution in [0.5, 0.6) is 17.2 Å². The molecule has 0 unspecified atom stereocenters. The monoisotopic (exact) mass is 343 g/mol. The Kier molecular flexibility index (Phi) is 3.81. The van der Waals surface area contributed by atoms with Crippen LogP contribution in [0.3, 0.4) is 0 Å². The average molecular weight is 344 g/mol. The molecule has 120 valence electrons. The van der Waals surface area contributed by atoms with Crippen molar-refractivity contribution in [2.75, 3.05) is 11.9 Å². The van der Waals surface area contributed by atoms with Gasteiger partial charge in [-0.05, 0) is 30.3 Å². The number of alkyl halides is 3. The molecule has 3 rings (SSSR count). The highest BCUT2D eigenvalue weighted by molar-refractivity contribution is 6.32. The molecule has 0 saturated carbocycles. The van der Waals surface area contributed by atoms with E-state index in [9.17, 15) is 18.0 Å². The van der Waals surface area contributed by atoms with Crippen LogP contribution in [0.25, 0.3) is 0 Å². The summed E-state index contributed by atoms with van der Waals surface area (Å²) in [7, 11) is 0. The first-order chi connectivity index (χ1) is 10.8. The number of anilines is 1. The second-order valence-corrected chi connectivity index (χ2v) is 5.15. The van der Waals surface area contributed by atoms with Gasteiger partial charge in [-0.2, -0.15) is 13.2 Å². The number of rotatable bonds is 2. The summed E-state index contributed by atoms with van der Waals surface area (Å²) in [6, 6.07) is 7.46. The van der Waals surface area contributed by atoms with Gasteiger partial charge in [0.15, 0.2) is 6.61 Å². The van der Waals surface area contributed by atoms with Crippen molar-refractivity contribution in [2.24, 2.45) is 0 Å². The van der Waals surface area contributed by atoms with Gasteiger partial charge in [0, 0.05) is 6.07 Å². The number of halogens is 4. The minimum absolute atomic E-state index is 0.0828. The molecule has 1 N–H and O–H groups in total. The molecule has 0 aliphatic carbocycles. The molecule has 1 aliphatic rings. The highest BCUT2D eigenvalue weighted by atomic mass is 35.5. The lowest BCUT2D eigenvalue weighted by molar-refractivity contribution is -0.137. The molecule has 1 heterocycles. The Hall–Kier alpha value is -2.41. The third-order valence-corrected chi connectivity index (χ3v) is 3.37. The van der Waals surface area contributed by atoms with E-state index in [1.54, 1.807) is 12.1 Å². The number of carbonyl (C=O) groups is 1. The van der Waals surface area contributed by atoms with Crippen LogP contribution in [-0.2, 0) is 11.0 Å². The molecular formula is C15H9ClF3NO3. The summed E-state index contributed by atoms with van der Waals surface area (Å²) in [6.07, 6.45) is -4.47. The molecule has 2 aromatic rings. The lowest BCUT2D eigenvalue weighted by Crippen LogP contribution is -2.25. The zero-order valence-electron chi connectivity index (χ0n) is 11.4. The predicted molar refractivity (Wildman–Crippen MR) is 77.1 cm³/mol. The van der Waals surface area contributed by atoms with E-state index in [1.165, 1.54) is 6.07 Å². The molecule has 8 heteroatoms. The second kappa shape index (κ2) is 5.66. The van der Waals surface area contributed by atoms with Crippen LogP contribution in [0.4, 0.5) is 18.9 Å². The summed E-state index contributed by atoms with van der Waals surface area (Å²) in [6.45, 7) is -0.114. The minimum atomic E-state index is -4.47. The highest BCUT2D eigenvalue weighted by Crippen LogP contribution is 2.38. The molecule has 0 fully saturated rings. The third-order valence-electron chi connectivity index (χ3n) is 3.07. The van der Waals surface area contributed by atoms with Crippen molar-refractivity contribution in [3.63, 3.8) is 0 Å². The summed E-state index contributed by atoms with van der Waals surface area (Å²) in [5, 5.41) is 2.46. The molecule has 0 radical (unpaired) electrons. The van der Waals surface area contributed by atoms with Crippen LogP contribution in [0.15, 0.2) is 36.4 Å². The van der Waals surface area contributed by atoms with Gasteiger partial charge in [-0.25, -0.2) is 0 Å². The molecule has 0 saturated heterocycles. The molecule has 0 atom stereocenters. The van der Waals surface area contributed by atoms with Gasteiger partial charge in [0.25, 0.3) is 5.91 Å². The van der Waals surface area contributed by atoms with E-state index in [-0.39, 0.29) is 23.3 Å². The Morgan fingerprint density at radius 1 is 1.17 bits per heavy atom. The number of hydrogen-bond acceptors (Lipinski definition) is 3. The first-order valence-electron chi connectivity index (χ1n) is 6.44. The summed E-state index contributed by atoms with van der Waals surface area (Å²) < 4.78 is 48.5. The van der Waals surface area contributed by atoms with Crippen molar-refractivity contribution in [3.8, 4) is 17.2 Å². The van der Waals surface area contributed by atoms with Gasteiger partial charge in [0.1, 0.15) is 17.2 Å². The van der Waals surface area contributed by atoms with Gasteiger partial charge in [-0.3, -0.25) is 4.79 Å². The second-order valence-electron chi connectivity index (χ2n) is 4.74. The van der Waals surface area contributed by atoms with E-state index in [0.717, 1.165) is 18.2 Å². The van der Waals surface area contributed by atoms with Crippen LogP contribution < -0.4 is 14.8 Å². The van der Waals surface area contributed by atoms with Gasteiger partial charge in [0.2, 0.25) is 0 Å². The Balaban J connectivity index is 1.84. The van der Waals surface area contributed by atoms with Crippen LogP contribution in [0.1, 0.15) is 5.56 Å². The Morgan fingerprint density at radius 3 is 2.65 bits per heavy atom. The van der Waals surface area contributed by atoms with E-state index in [4.69, 9.17) is 21.1 Å². The lowest BCUT2D eigenvalue weighted by Gasteiger charge is -2.18. The maximum absolute atomic E-state index is 12.6. The van der Waals surface area contributed by atoms with E-state index in [0.29, 0.717) is 17.2 Å². The molecule has 0 aromatic heterocycles. The van der Waals surface area contributed by atoms with E-state index in [1.807, 2.05) is 0 Å². The maximum atomic E-state index is 12.6. The number of nitrogens with one attached hydrogen (secondary N) is 1. The Morgan fingerprint density at radius 2 is 1.96 bits per heavy atom. The third kappa shape index (κ3) is 3.34. The van der Waals surface area contributed by atoms with Crippen molar-refractivity contribution < 1.29 is 27.4 Å². The van der Waals surface area contributed by atoms with E-state index in [2.05, 4.69) is 5.32 Å². The predicted octanol–water partition coefficient (Wildman–Crippen LogP) is 4.48. The zero-order chi connectivity index (χ0) is 16.6. The van der Waals surface area contributed by atoms with Crippen molar-refractivity contribution in [1.82, 2.24) is 0 Å². The molecular weight excluding hydrogens is 335 g/mol. The van der Waals surface area contributed by atoms with E-state index >= 15 is 0 Å². The summed E-state index contributed by atoms with van der Waals surface area (Å²) >= 11 is 5.83. The van der Waals surface area contributed by atoms with Crippen LogP contribution in [0, 0.1) is 0 Å². The standard InChI is InChI=1S/C15H9ClF3NO3/c16-10-5-8(15(17,18)19)1-4-12(10)23-9-2-3-11-13(6-9)22-7-14(21)20-11/h1-6H,7H2,(H,20,21). The number of carbonyl (C=O) groups excluding carboxylic acids is 1. The SMILES string of the molecule is O=C1COc2cc(Oc3ccc(C(F)(F)F)cc3Cl)ccc2N1. The number of fused-ring (bicyclic) bond motifs is 1. The van der Waals surface area contributed by atoms with Crippen LogP contribution in [0.2, 0.25) is 5.02 Å². The van der Waals surface area contributed by atoms with Gasteiger partial charge in [-0.15, -0.1) is 0 Å². The molecule has 23 heavy (non-hydrogen) atoms. The van der Waals surface area contributed by atoms with Crippen molar-refractivity contribution in [1.29, 1.82) is 0 Å². The first kappa shape index (κ1) is 15.5. The van der Waals surface area contributed by atoms with Crippen molar-refractivity contribution in [3.05, 3.63) is 47.0 Å². The van der Waals surface area contributed by atoms with Gasteiger partial charge in [-0.1, -0.05) is 11.6 Å². The smallest absolute Gasteiger partial charge is 0.416 e. The average Bonchev–Trinajstić information content (AvgIpc) is 2.48. The number of hydrogen-bond donors (Lipinski definition) is 1. The topological polar surface area (TPSA) is 47.6 Å².